The number of benzene rings is 1. The van der Waals surface area contributed by atoms with Gasteiger partial charge in [-0.1, -0.05) is 6.07 Å². The quantitative estimate of drug-likeness (QED) is 0.748. The molecule has 0 amide bonds. The minimum Gasteiger partial charge on any atom is -0.496 e. The van der Waals surface area contributed by atoms with E-state index >= 15 is 0 Å². The Labute approximate surface area is 123 Å². The summed E-state index contributed by atoms with van der Waals surface area (Å²) in [5.74, 6) is 2.11. The van der Waals surface area contributed by atoms with Crippen molar-refractivity contribution in [2.75, 3.05) is 26.2 Å². The first-order valence-electron chi connectivity index (χ1n) is 6.10. The van der Waals surface area contributed by atoms with Crippen LogP contribution in [0.25, 0.3) is 0 Å². The van der Waals surface area contributed by atoms with Gasteiger partial charge in [-0.3, -0.25) is 4.90 Å². The Kier molecular flexibility index (Phi) is 7.12. The van der Waals surface area contributed by atoms with Gasteiger partial charge in [0, 0.05) is 12.6 Å². The molecule has 1 unspecified atom stereocenters. The van der Waals surface area contributed by atoms with Gasteiger partial charge in [0.2, 0.25) is 0 Å². The van der Waals surface area contributed by atoms with E-state index in [-0.39, 0.29) is 0 Å². The lowest BCUT2D eigenvalue weighted by atomic mass is 10.1. The maximum Gasteiger partial charge on any atom is 0.133 e. The third kappa shape index (κ3) is 4.82. The van der Waals surface area contributed by atoms with Crippen molar-refractivity contribution in [2.45, 2.75) is 25.9 Å². The molecule has 1 aromatic rings. The van der Waals surface area contributed by atoms with Crippen LogP contribution in [0.1, 0.15) is 18.9 Å². The van der Waals surface area contributed by atoms with E-state index in [2.05, 4.69) is 53.2 Å². The van der Waals surface area contributed by atoms with E-state index in [0.29, 0.717) is 6.04 Å². The van der Waals surface area contributed by atoms with E-state index in [4.69, 9.17) is 4.74 Å². The molecule has 1 rings (SSSR count). The molecule has 2 nitrogen and oxygen atoms in total. The van der Waals surface area contributed by atoms with Gasteiger partial charge in [0.05, 0.1) is 11.6 Å². The Bertz CT molecular complexity index is 373. The van der Waals surface area contributed by atoms with Gasteiger partial charge in [-0.2, -0.15) is 11.8 Å². The molecule has 0 bridgehead atoms. The molecular formula is C14H22BrNOS. The van der Waals surface area contributed by atoms with Gasteiger partial charge < -0.3 is 4.74 Å². The van der Waals surface area contributed by atoms with E-state index in [9.17, 15) is 0 Å². The van der Waals surface area contributed by atoms with Crippen LogP contribution in [-0.4, -0.2) is 37.1 Å². The van der Waals surface area contributed by atoms with Crippen LogP contribution in [0.4, 0.5) is 0 Å². The monoisotopic (exact) mass is 331 g/mol. The average Bonchev–Trinajstić information content (AvgIpc) is 2.36. The number of thioether (sulfide) groups is 1. The molecule has 0 aromatic heterocycles. The first kappa shape index (κ1) is 15.9. The molecule has 0 aliphatic carbocycles. The highest BCUT2D eigenvalue weighted by Crippen LogP contribution is 2.26. The van der Waals surface area contributed by atoms with Crippen LogP contribution in [0.2, 0.25) is 0 Å². The molecule has 0 saturated heterocycles. The largest absolute Gasteiger partial charge is 0.496 e. The molecule has 102 valence electrons. The number of rotatable bonds is 7. The van der Waals surface area contributed by atoms with Gasteiger partial charge in [0.15, 0.2) is 0 Å². The van der Waals surface area contributed by atoms with Gasteiger partial charge in [-0.05, 0) is 66.0 Å². The standard InChI is InChI=1S/C14H22BrNOS/c1-11(7-8-18-4)16(2)10-12-5-6-14(17-3)13(15)9-12/h5-6,9,11H,7-8,10H2,1-4H3. The molecule has 4 heteroatoms. The lowest BCUT2D eigenvalue weighted by molar-refractivity contribution is 0.245. The highest BCUT2D eigenvalue weighted by Gasteiger charge is 2.10. The number of hydrogen-bond donors (Lipinski definition) is 0. The predicted octanol–water partition coefficient (Wildman–Crippen LogP) is 4.03. The van der Waals surface area contributed by atoms with Crippen LogP contribution in [-0.2, 0) is 6.54 Å². The van der Waals surface area contributed by atoms with Crippen molar-refractivity contribution in [3.63, 3.8) is 0 Å². The zero-order valence-electron chi connectivity index (χ0n) is 11.6. The molecule has 0 spiro atoms. The highest BCUT2D eigenvalue weighted by atomic mass is 79.9. The van der Waals surface area contributed by atoms with Crippen molar-refractivity contribution >= 4 is 27.7 Å². The zero-order valence-corrected chi connectivity index (χ0v) is 14.0. The molecule has 1 atom stereocenters. The summed E-state index contributed by atoms with van der Waals surface area (Å²) < 4.78 is 6.26. The van der Waals surface area contributed by atoms with Crippen molar-refractivity contribution in [3.8, 4) is 5.75 Å². The number of nitrogens with zero attached hydrogens (tertiary/aromatic N) is 1. The number of ether oxygens (including phenoxy) is 1. The normalized spacial score (nSPS) is 12.8. The topological polar surface area (TPSA) is 12.5 Å². The summed E-state index contributed by atoms with van der Waals surface area (Å²) in [7, 11) is 3.87. The Hall–Kier alpha value is -0.190. The van der Waals surface area contributed by atoms with Crippen LogP contribution < -0.4 is 4.74 Å². The fraction of sp³-hybridized carbons (Fsp3) is 0.571. The van der Waals surface area contributed by atoms with E-state index in [1.165, 1.54) is 17.7 Å². The predicted molar refractivity (Wildman–Crippen MR) is 84.6 cm³/mol. The third-order valence-corrected chi connectivity index (χ3v) is 4.40. The number of halogens is 1. The van der Waals surface area contributed by atoms with Gasteiger partial charge in [0.25, 0.3) is 0 Å². The molecule has 0 aliphatic heterocycles. The van der Waals surface area contributed by atoms with Crippen molar-refractivity contribution in [1.29, 1.82) is 0 Å². The smallest absolute Gasteiger partial charge is 0.133 e. The van der Waals surface area contributed by atoms with Gasteiger partial charge in [-0.15, -0.1) is 0 Å². The van der Waals surface area contributed by atoms with Crippen molar-refractivity contribution in [1.82, 2.24) is 4.90 Å². The summed E-state index contributed by atoms with van der Waals surface area (Å²) >= 11 is 5.44. The minimum atomic E-state index is 0.610. The SMILES string of the molecule is COc1ccc(CN(C)C(C)CCSC)cc1Br. The van der Waals surface area contributed by atoms with Crippen LogP contribution in [0, 0.1) is 0 Å². The van der Waals surface area contributed by atoms with Crippen molar-refractivity contribution in [3.05, 3.63) is 28.2 Å². The second kappa shape index (κ2) is 8.08. The molecule has 0 heterocycles. The molecule has 0 radical (unpaired) electrons. The lowest BCUT2D eigenvalue weighted by Gasteiger charge is -2.24. The Morgan fingerprint density at radius 1 is 1.44 bits per heavy atom. The molecular weight excluding hydrogens is 310 g/mol. The lowest BCUT2D eigenvalue weighted by Crippen LogP contribution is -2.29. The fourth-order valence-corrected chi connectivity index (χ4v) is 2.93. The van der Waals surface area contributed by atoms with Crippen molar-refractivity contribution < 1.29 is 4.74 Å². The summed E-state index contributed by atoms with van der Waals surface area (Å²) in [5.41, 5.74) is 1.31. The van der Waals surface area contributed by atoms with Crippen LogP contribution >= 0.6 is 27.7 Å². The van der Waals surface area contributed by atoms with Crippen LogP contribution in [0.3, 0.4) is 0 Å². The second-order valence-corrected chi connectivity index (χ2v) is 6.35. The van der Waals surface area contributed by atoms with Gasteiger partial charge in [-0.25, -0.2) is 0 Å². The minimum absolute atomic E-state index is 0.610. The summed E-state index contributed by atoms with van der Waals surface area (Å²) in [4.78, 5) is 2.39. The molecule has 18 heavy (non-hydrogen) atoms. The fourth-order valence-electron chi connectivity index (χ4n) is 1.76. The Morgan fingerprint density at radius 2 is 2.17 bits per heavy atom. The van der Waals surface area contributed by atoms with Gasteiger partial charge in [0.1, 0.15) is 5.75 Å². The molecule has 0 fully saturated rings. The van der Waals surface area contributed by atoms with E-state index in [1.54, 1.807) is 7.11 Å². The number of methoxy groups -OCH3 is 1. The average molecular weight is 332 g/mol. The molecule has 0 N–H and O–H groups in total. The van der Waals surface area contributed by atoms with Crippen LogP contribution in [0.15, 0.2) is 22.7 Å². The summed E-state index contributed by atoms with van der Waals surface area (Å²) in [6.45, 7) is 3.26. The maximum absolute atomic E-state index is 5.24. The summed E-state index contributed by atoms with van der Waals surface area (Å²) in [6, 6.07) is 6.89. The molecule has 0 aliphatic rings. The van der Waals surface area contributed by atoms with Gasteiger partial charge >= 0.3 is 0 Å². The molecule has 0 saturated carbocycles. The van der Waals surface area contributed by atoms with Crippen LogP contribution in [0.5, 0.6) is 5.75 Å². The third-order valence-electron chi connectivity index (χ3n) is 3.14. The van der Waals surface area contributed by atoms with E-state index < -0.39 is 0 Å². The van der Waals surface area contributed by atoms with Crippen molar-refractivity contribution in [2.24, 2.45) is 0 Å². The molecule has 1 aromatic carbocycles. The second-order valence-electron chi connectivity index (χ2n) is 4.51. The first-order valence-corrected chi connectivity index (χ1v) is 8.28. The maximum atomic E-state index is 5.24. The first-order chi connectivity index (χ1) is 8.58. The summed E-state index contributed by atoms with van der Waals surface area (Å²) in [5, 5.41) is 0. The van der Waals surface area contributed by atoms with E-state index in [1.807, 2.05) is 17.8 Å². The Morgan fingerprint density at radius 3 is 2.72 bits per heavy atom. The highest BCUT2D eigenvalue weighted by molar-refractivity contribution is 9.10. The number of hydrogen-bond acceptors (Lipinski definition) is 3. The zero-order chi connectivity index (χ0) is 13.5. The van der Waals surface area contributed by atoms with E-state index in [0.717, 1.165) is 16.8 Å². The Balaban J connectivity index is 2.58. The summed E-state index contributed by atoms with van der Waals surface area (Å²) in [6.07, 6.45) is 3.39.